The molecular weight excluding hydrogens is 370 g/mol. The molecule has 1 aliphatic heterocycles. The van der Waals surface area contributed by atoms with Crippen LogP contribution in [-0.4, -0.2) is 34.3 Å². The lowest BCUT2D eigenvalue weighted by atomic mass is 10.0. The highest BCUT2D eigenvalue weighted by atomic mass is 16.5. The first-order valence-corrected chi connectivity index (χ1v) is 9.54. The fourth-order valence-corrected chi connectivity index (χ4v) is 3.35. The van der Waals surface area contributed by atoms with E-state index in [4.69, 9.17) is 9.15 Å². The van der Waals surface area contributed by atoms with Crippen LogP contribution in [0.15, 0.2) is 71.7 Å². The molecule has 4 rings (SSSR count). The second kappa shape index (κ2) is 8.60. The molecule has 3 aromatic rings. The van der Waals surface area contributed by atoms with Crippen LogP contribution in [0.3, 0.4) is 0 Å². The molecule has 3 heterocycles. The molecular formula is C22H21N3O4. The minimum atomic E-state index is -0.522. The van der Waals surface area contributed by atoms with E-state index in [1.165, 1.54) is 12.5 Å². The smallest absolute Gasteiger partial charge is 0.257 e. The van der Waals surface area contributed by atoms with Crippen molar-refractivity contribution < 1.29 is 18.7 Å². The zero-order valence-corrected chi connectivity index (χ0v) is 15.8. The fourth-order valence-electron chi connectivity index (χ4n) is 3.35. The number of nitrogens with one attached hydrogen (secondary N) is 1. The molecule has 0 spiro atoms. The molecule has 1 saturated heterocycles. The van der Waals surface area contributed by atoms with Crippen molar-refractivity contribution in [2.45, 2.75) is 25.3 Å². The largest absolute Gasteiger partial charge is 0.472 e. The Balaban J connectivity index is 1.41. The number of amides is 2. The van der Waals surface area contributed by atoms with Crippen LogP contribution in [0.25, 0.3) is 0 Å². The Hall–Kier alpha value is -3.61. The number of rotatable bonds is 5. The number of anilines is 1. The second-order valence-electron chi connectivity index (χ2n) is 6.81. The second-order valence-corrected chi connectivity index (χ2v) is 6.81. The normalized spacial score (nSPS) is 16.3. The summed E-state index contributed by atoms with van der Waals surface area (Å²) >= 11 is 0. The van der Waals surface area contributed by atoms with Crippen LogP contribution in [0.4, 0.5) is 5.69 Å². The van der Waals surface area contributed by atoms with Crippen molar-refractivity contribution in [1.82, 2.24) is 9.88 Å². The minimum absolute atomic E-state index is 0.191. The summed E-state index contributed by atoms with van der Waals surface area (Å²) in [5.74, 6) is 0.708. The van der Waals surface area contributed by atoms with Crippen molar-refractivity contribution >= 4 is 17.5 Å². The highest BCUT2D eigenvalue weighted by molar-refractivity contribution is 6.01. The first kappa shape index (κ1) is 18.7. The van der Waals surface area contributed by atoms with Gasteiger partial charge in [0.05, 0.1) is 23.7 Å². The summed E-state index contributed by atoms with van der Waals surface area (Å²) in [7, 11) is 0. The molecule has 0 radical (unpaired) electrons. The molecule has 29 heavy (non-hydrogen) atoms. The Morgan fingerprint density at radius 2 is 1.97 bits per heavy atom. The van der Waals surface area contributed by atoms with Gasteiger partial charge in [0.2, 0.25) is 11.8 Å². The van der Waals surface area contributed by atoms with Crippen LogP contribution >= 0.6 is 0 Å². The standard InChI is InChI=1S/C22H21N3O4/c26-21(19-8-4-5-12-25(19)22(27)16-11-13-28-15-16)24-17-9-10-20(23-14-17)29-18-6-2-1-3-7-18/h1-3,6-7,9-11,13-15,19H,4-5,8,12H2,(H,24,26). The molecule has 1 aromatic carbocycles. The van der Waals surface area contributed by atoms with E-state index in [0.29, 0.717) is 35.8 Å². The molecule has 1 aliphatic rings. The Morgan fingerprint density at radius 3 is 2.69 bits per heavy atom. The number of benzene rings is 1. The molecule has 1 fully saturated rings. The summed E-state index contributed by atoms with van der Waals surface area (Å²) in [6.07, 6.45) is 6.80. The maximum absolute atomic E-state index is 12.8. The van der Waals surface area contributed by atoms with E-state index in [0.717, 1.165) is 12.8 Å². The number of hydrogen-bond acceptors (Lipinski definition) is 5. The first-order chi connectivity index (χ1) is 14.2. The van der Waals surface area contributed by atoms with E-state index in [-0.39, 0.29) is 11.8 Å². The first-order valence-electron chi connectivity index (χ1n) is 9.54. The third-order valence-corrected chi connectivity index (χ3v) is 4.80. The lowest BCUT2D eigenvalue weighted by molar-refractivity contribution is -0.121. The van der Waals surface area contributed by atoms with Crippen LogP contribution < -0.4 is 10.1 Å². The average Bonchev–Trinajstić information content (AvgIpc) is 3.30. The van der Waals surface area contributed by atoms with Crippen LogP contribution in [0.1, 0.15) is 29.6 Å². The van der Waals surface area contributed by atoms with Crippen molar-refractivity contribution in [2.24, 2.45) is 0 Å². The number of pyridine rings is 1. The molecule has 1 atom stereocenters. The van der Waals surface area contributed by atoms with Gasteiger partial charge in [-0.25, -0.2) is 4.98 Å². The number of hydrogen-bond donors (Lipinski definition) is 1. The Labute approximate surface area is 168 Å². The predicted octanol–water partition coefficient (Wildman–Crippen LogP) is 4.10. The third kappa shape index (κ3) is 4.45. The van der Waals surface area contributed by atoms with Crippen molar-refractivity contribution in [1.29, 1.82) is 0 Å². The maximum Gasteiger partial charge on any atom is 0.257 e. The fraction of sp³-hybridized carbons (Fsp3) is 0.227. The van der Waals surface area contributed by atoms with Gasteiger partial charge >= 0.3 is 0 Å². The highest BCUT2D eigenvalue weighted by Gasteiger charge is 2.33. The van der Waals surface area contributed by atoms with Gasteiger partial charge in [-0.15, -0.1) is 0 Å². The van der Waals surface area contributed by atoms with Crippen LogP contribution in [0, 0.1) is 0 Å². The number of carbonyl (C=O) groups excluding carboxylic acids is 2. The molecule has 7 heteroatoms. The molecule has 0 saturated carbocycles. The number of aromatic nitrogens is 1. The predicted molar refractivity (Wildman–Crippen MR) is 107 cm³/mol. The van der Waals surface area contributed by atoms with Gasteiger partial charge < -0.3 is 19.4 Å². The van der Waals surface area contributed by atoms with E-state index < -0.39 is 6.04 Å². The van der Waals surface area contributed by atoms with Crippen LogP contribution in [-0.2, 0) is 4.79 Å². The van der Waals surface area contributed by atoms with Gasteiger partial charge in [-0.3, -0.25) is 9.59 Å². The van der Waals surface area contributed by atoms with Gasteiger partial charge in [-0.05, 0) is 43.5 Å². The summed E-state index contributed by atoms with van der Waals surface area (Å²) < 4.78 is 10.7. The zero-order chi connectivity index (χ0) is 20.1. The van der Waals surface area contributed by atoms with Gasteiger partial charge in [0, 0.05) is 12.6 Å². The number of nitrogens with zero attached hydrogens (tertiary/aromatic N) is 2. The van der Waals surface area contributed by atoms with E-state index in [1.807, 2.05) is 30.3 Å². The summed E-state index contributed by atoms with van der Waals surface area (Å²) in [5, 5.41) is 2.86. The molecule has 2 amide bonds. The van der Waals surface area contributed by atoms with Crippen LogP contribution in [0.5, 0.6) is 11.6 Å². The highest BCUT2D eigenvalue weighted by Crippen LogP contribution is 2.23. The summed E-state index contributed by atoms with van der Waals surface area (Å²) in [6.45, 7) is 0.546. The average molecular weight is 391 g/mol. The topological polar surface area (TPSA) is 84.7 Å². The molecule has 0 aliphatic carbocycles. The number of furan rings is 1. The Morgan fingerprint density at radius 1 is 1.10 bits per heavy atom. The van der Waals surface area contributed by atoms with Gasteiger partial charge in [-0.2, -0.15) is 0 Å². The van der Waals surface area contributed by atoms with Crippen molar-refractivity contribution in [3.05, 3.63) is 72.8 Å². The van der Waals surface area contributed by atoms with Crippen LogP contribution in [0.2, 0.25) is 0 Å². The molecule has 7 nitrogen and oxygen atoms in total. The van der Waals surface area contributed by atoms with E-state index in [9.17, 15) is 9.59 Å². The van der Waals surface area contributed by atoms with Crippen molar-refractivity contribution in [3.8, 4) is 11.6 Å². The maximum atomic E-state index is 12.8. The van der Waals surface area contributed by atoms with E-state index in [1.54, 1.807) is 29.3 Å². The Kier molecular flexibility index (Phi) is 5.56. The van der Waals surface area contributed by atoms with E-state index >= 15 is 0 Å². The zero-order valence-electron chi connectivity index (χ0n) is 15.8. The Bertz CT molecular complexity index is 955. The summed E-state index contributed by atoms with van der Waals surface area (Å²) in [5.41, 5.74) is 1.01. The number of ether oxygens (including phenoxy) is 1. The number of carbonyl (C=O) groups is 2. The lowest BCUT2D eigenvalue weighted by Crippen LogP contribution is -2.49. The van der Waals surface area contributed by atoms with Gasteiger partial charge in [0.1, 0.15) is 18.1 Å². The molecule has 148 valence electrons. The minimum Gasteiger partial charge on any atom is -0.472 e. The van der Waals surface area contributed by atoms with Gasteiger partial charge in [0.15, 0.2) is 0 Å². The molecule has 1 unspecified atom stereocenters. The molecule has 0 bridgehead atoms. The molecule has 1 N–H and O–H groups in total. The summed E-state index contributed by atoms with van der Waals surface area (Å²) in [6, 6.07) is 13.9. The number of para-hydroxylation sites is 1. The number of piperidine rings is 1. The van der Waals surface area contributed by atoms with Crippen molar-refractivity contribution in [3.63, 3.8) is 0 Å². The van der Waals surface area contributed by atoms with Gasteiger partial charge in [0.25, 0.3) is 5.91 Å². The van der Waals surface area contributed by atoms with E-state index in [2.05, 4.69) is 10.3 Å². The SMILES string of the molecule is O=C(Nc1ccc(Oc2ccccc2)nc1)C1CCCCN1C(=O)c1ccoc1. The number of likely N-dealkylation sites (tertiary alicyclic amines) is 1. The third-order valence-electron chi connectivity index (χ3n) is 4.80. The lowest BCUT2D eigenvalue weighted by Gasteiger charge is -2.34. The quantitative estimate of drug-likeness (QED) is 0.708. The van der Waals surface area contributed by atoms with Gasteiger partial charge in [-0.1, -0.05) is 18.2 Å². The molecule has 2 aromatic heterocycles. The monoisotopic (exact) mass is 391 g/mol. The summed E-state index contributed by atoms with van der Waals surface area (Å²) in [4.78, 5) is 31.4. The van der Waals surface area contributed by atoms with Crippen molar-refractivity contribution in [2.75, 3.05) is 11.9 Å².